The van der Waals surface area contributed by atoms with Gasteiger partial charge in [-0.3, -0.25) is 9.48 Å². The van der Waals surface area contributed by atoms with Crippen molar-refractivity contribution in [2.24, 2.45) is 0 Å². The number of carboxylic acid groups (broad SMARTS) is 1. The summed E-state index contributed by atoms with van der Waals surface area (Å²) in [5, 5.41) is 17.1. The van der Waals surface area contributed by atoms with Gasteiger partial charge in [0, 0.05) is 19.3 Å². The fourth-order valence-corrected chi connectivity index (χ4v) is 1.71. The molecular formula is C9H15N5O5S. The summed E-state index contributed by atoms with van der Waals surface area (Å²) in [6.07, 6.45) is 3.68. The largest absolute Gasteiger partial charge is 0.480 e. The minimum Gasteiger partial charge on any atom is -0.480 e. The van der Waals surface area contributed by atoms with E-state index in [1.165, 1.54) is 12.4 Å². The first kappa shape index (κ1) is 15.9. The van der Waals surface area contributed by atoms with Gasteiger partial charge in [0.25, 0.3) is 0 Å². The Bertz CT molecular complexity index is 581. The van der Waals surface area contributed by atoms with Crippen LogP contribution in [0.3, 0.4) is 0 Å². The van der Waals surface area contributed by atoms with Gasteiger partial charge in [0.05, 0.1) is 18.1 Å². The average Bonchev–Trinajstić information content (AvgIpc) is 2.69. The number of urea groups is 1. The molecule has 0 saturated heterocycles. The van der Waals surface area contributed by atoms with E-state index in [1.54, 1.807) is 0 Å². The molecule has 0 saturated carbocycles. The van der Waals surface area contributed by atoms with Crippen molar-refractivity contribution in [1.82, 2.24) is 19.8 Å². The van der Waals surface area contributed by atoms with Gasteiger partial charge in [-0.25, -0.2) is 17.9 Å². The average molecular weight is 305 g/mol. The highest BCUT2D eigenvalue weighted by Crippen LogP contribution is 2.03. The molecule has 11 heteroatoms. The quantitative estimate of drug-likeness (QED) is 0.458. The van der Waals surface area contributed by atoms with Crippen molar-refractivity contribution >= 4 is 27.7 Å². The highest BCUT2D eigenvalue weighted by atomic mass is 32.2. The van der Waals surface area contributed by atoms with Crippen LogP contribution in [0.25, 0.3) is 0 Å². The summed E-state index contributed by atoms with van der Waals surface area (Å²) in [7, 11) is -3.28. The lowest BCUT2D eigenvalue weighted by Crippen LogP contribution is -2.36. The minimum atomic E-state index is -3.28. The Labute approximate surface area is 115 Å². The Morgan fingerprint density at radius 3 is 2.70 bits per heavy atom. The Kier molecular flexibility index (Phi) is 5.46. The van der Waals surface area contributed by atoms with Crippen LogP contribution in [0.2, 0.25) is 0 Å². The van der Waals surface area contributed by atoms with Crippen molar-refractivity contribution in [2.45, 2.75) is 6.54 Å². The van der Waals surface area contributed by atoms with E-state index < -0.39 is 22.0 Å². The van der Waals surface area contributed by atoms with Crippen LogP contribution in [0.5, 0.6) is 0 Å². The normalized spacial score (nSPS) is 11.1. The number of aromatic nitrogens is 2. The number of carbonyl (C=O) groups excluding carboxylic acids is 1. The first-order chi connectivity index (χ1) is 9.26. The van der Waals surface area contributed by atoms with Crippen LogP contribution in [-0.2, 0) is 21.4 Å². The molecule has 0 fully saturated rings. The number of rotatable bonds is 7. The summed E-state index contributed by atoms with van der Waals surface area (Å²) in [4.78, 5) is 21.9. The number of carbonyl (C=O) groups is 2. The van der Waals surface area contributed by atoms with E-state index in [1.807, 2.05) is 0 Å². The highest BCUT2D eigenvalue weighted by Gasteiger charge is 2.06. The third-order valence-corrected chi connectivity index (χ3v) is 2.69. The lowest BCUT2D eigenvalue weighted by atomic mass is 10.5. The van der Waals surface area contributed by atoms with E-state index >= 15 is 0 Å². The molecule has 1 aromatic rings. The zero-order valence-corrected chi connectivity index (χ0v) is 11.5. The topological polar surface area (TPSA) is 142 Å². The first-order valence-electron chi connectivity index (χ1n) is 5.50. The minimum absolute atomic E-state index is 0.0739. The maximum atomic E-state index is 11.4. The van der Waals surface area contributed by atoms with Gasteiger partial charge in [-0.2, -0.15) is 5.10 Å². The van der Waals surface area contributed by atoms with Gasteiger partial charge in [-0.15, -0.1) is 0 Å². The third kappa shape index (κ3) is 6.70. The Morgan fingerprint density at radius 2 is 2.10 bits per heavy atom. The Balaban J connectivity index is 2.32. The van der Waals surface area contributed by atoms with Crippen molar-refractivity contribution in [1.29, 1.82) is 0 Å². The van der Waals surface area contributed by atoms with Gasteiger partial charge in [0.2, 0.25) is 10.0 Å². The molecule has 10 nitrogen and oxygen atoms in total. The molecule has 2 amide bonds. The first-order valence-corrected chi connectivity index (χ1v) is 7.39. The molecule has 0 bridgehead atoms. The van der Waals surface area contributed by atoms with E-state index in [0.29, 0.717) is 5.69 Å². The van der Waals surface area contributed by atoms with Crippen LogP contribution in [0.4, 0.5) is 10.5 Å². The molecule has 0 aliphatic heterocycles. The SMILES string of the molecule is CS(=O)(=O)NCCNC(=O)Nc1cnn(CC(=O)O)c1. The number of hydrogen-bond acceptors (Lipinski definition) is 5. The maximum absolute atomic E-state index is 11.4. The molecule has 0 atom stereocenters. The summed E-state index contributed by atoms with van der Waals surface area (Å²) in [5.74, 6) is -1.05. The van der Waals surface area contributed by atoms with Gasteiger partial charge < -0.3 is 15.7 Å². The molecular weight excluding hydrogens is 290 g/mol. The molecule has 1 heterocycles. The molecule has 0 aromatic carbocycles. The van der Waals surface area contributed by atoms with E-state index in [9.17, 15) is 18.0 Å². The summed E-state index contributed by atoms with van der Waals surface area (Å²) in [5.41, 5.74) is 0.333. The molecule has 0 unspecified atom stereocenters. The van der Waals surface area contributed by atoms with Crippen LogP contribution in [0, 0.1) is 0 Å². The number of anilines is 1. The van der Waals surface area contributed by atoms with E-state index in [-0.39, 0.29) is 19.6 Å². The lowest BCUT2D eigenvalue weighted by Gasteiger charge is -2.06. The Morgan fingerprint density at radius 1 is 1.40 bits per heavy atom. The number of nitrogens with zero attached hydrogens (tertiary/aromatic N) is 2. The molecule has 0 aliphatic rings. The second-order valence-corrected chi connectivity index (χ2v) is 5.70. The summed E-state index contributed by atoms with van der Waals surface area (Å²) < 4.78 is 24.9. The summed E-state index contributed by atoms with van der Waals surface area (Å²) >= 11 is 0. The monoisotopic (exact) mass is 305 g/mol. The van der Waals surface area contributed by atoms with Gasteiger partial charge in [-0.05, 0) is 0 Å². The van der Waals surface area contributed by atoms with Gasteiger partial charge in [-0.1, -0.05) is 0 Å². The van der Waals surface area contributed by atoms with Crippen molar-refractivity contribution in [3.8, 4) is 0 Å². The molecule has 112 valence electrons. The molecule has 0 spiro atoms. The zero-order valence-electron chi connectivity index (χ0n) is 10.7. The molecule has 0 aliphatic carbocycles. The number of carboxylic acids is 1. The van der Waals surface area contributed by atoms with Gasteiger partial charge in [0.15, 0.2) is 0 Å². The van der Waals surface area contributed by atoms with Crippen molar-refractivity contribution in [3.63, 3.8) is 0 Å². The molecule has 1 aromatic heterocycles. The molecule has 4 N–H and O–H groups in total. The predicted octanol–water partition coefficient (Wildman–Crippen LogP) is -1.36. The molecule has 20 heavy (non-hydrogen) atoms. The maximum Gasteiger partial charge on any atom is 0.325 e. The van der Waals surface area contributed by atoms with Crippen LogP contribution in [0.15, 0.2) is 12.4 Å². The van der Waals surface area contributed by atoms with E-state index in [2.05, 4.69) is 20.5 Å². The van der Waals surface area contributed by atoms with Crippen molar-refractivity contribution in [3.05, 3.63) is 12.4 Å². The zero-order chi connectivity index (χ0) is 15.2. The standard InChI is InChI=1S/C9H15N5O5S/c1-20(18,19)12-3-2-10-9(17)13-7-4-11-14(5-7)6-8(15)16/h4-5,12H,2-3,6H2,1H3,(H,15,16)(H2,10,13,17). The van der Waals surface area contributed by atoms with Gasteiger partial charge in [0.1, 0.15) is 6.54 Å². The highest BCUT2D eigenvalue weighted by molar-refractivity contribution is 7.88. The summed E-state index contributed by atoms with van der Waals surface area (Å²) in [6.45, 7) is -0.117. The predicted molar refractivity (Wildman–Crippen MR) is 69.7 cm³/mol. The second kappa shape index (κ2) is 6.86. The van der Waals surface area contributed by atoms with Crippen molar-refractivity contribution in [2.75, 3.05) is 24.7 Å². The van der Waals surface area contributed by atoms with Crippen LogP contribution >= 0.6 is 0 Å². The third-order valence-electron chi connectivity index (χ3n) is 1.96. The summed E-state index contributed by atoms with van der Waals surface area (Å²) in [6, 6.07) is -0.546. The number of aliphatic carboxylic acids is 1. The lowest BCUT2D eigenvalue weighted by molar-refractivity contribution is -0.137. The fourth-order valence-electron chi connectivity index (χ4n) is 1.24. The Hall–Kier alpha value is -2.14. The van der Waals surface area contributed by atoms with Crippen LogP contribution < -0.4 is 15.4 Å². The molecule has 1 rings (SSSR count). The van der Waals surface area contributed by atoms with E-state index in [0.717, 1.165) is 10.9 Å². The van der Waals surface area contributed by atoms with E-state index in [4.69, 9.17) is 5.11 Å². The number of sulfonamides is 1. The number of nitrogens with one attached hydrogen (secondary N) is 3. The van der Waals surface area contributed by atoms with Gasteiger partial charge >= 0.3 is 12.0 Å². The number of amides is 2. The molecule has 0 radical (unpaired) electrons. The van der Waals surface area contributed by atoms with Crippen LogP contribution in [-0.4, -0.2) is 54.7 Å². The smallest absolute Gasteiger partial charge is 0.325 e. The second-order valence-electron chi connectivity index (χ2n) is 3.87. The van der Waals surface area contributed by atoms with Crippen LogP contribution in [0.1, 0.15) is 0 Å². The van der Waals surface area contributed by atoms with Crippen molar-refractivity contribution < 1.29 is 23.1 Å². The fraction of sp³-hybridized carbons (Fsp3) is 0.444. The number of hydrogen-bond donors (Lipinski definition) is 4.